The van der Waals surface area contributed by atoms with Crippen molar-refractivity contribution in [3.8, 4) is 0 Å². The lowest BCUT2D eigenvalue weighted by atomic mass is 9.85. The zero-order valence-corrected chi connectivity index (χ0v) is 13.1. The average molecular weight is 293 g/mol. The number of hydrogen-bond acceptors (Lipinski definition) is 4. The van der Waals surface area contributed by atoms with Gasteiger partial charge in [-0.15, -0.1) is 0 Å². The quantitative estimate of drug-likeness (QED) is 0.760. The summed E-state index contributed by atoms with van der Waals surface area (Å²) in [4.78, 5) is 4.39. The molecule has 1 atom stereocenters. The first-order chi connectivity index (χ1) is 8.18. The minimum atomic E-state index is -3.11. The van der Waals surface area contributed by atoms with E-state index in [0.29, 0.717) is 19.1 Å². The molecule has 106 valence electrons. The predicted molar refractivity (Wildman–Crippen MR) is 78.6 cm³/mol. The molecule has 0 saturated carbocycles. The third-order valence-corrected chi connectivity index (χ3v) is 4.41. The third-order valence-electron chi connectivity index (χ3n) is 2.72. The van der Waals surface area contributed by atoms with Gasteiger partial charge in [0.05, 0.1) is 12.8 Å². The van der Waals surface area contributed by atoms with E-state index in [-0.39, 0.29) is 5.41 Å². The largest absolute Gasteiger partial charge is 0.362 e. The fourth-order valence-corrected chi connectivity index (χ4v) is 3.08. The summed E-state index contributed by atoms with van der Waals surface area (Å²) >= 11 is 1.70. The third kappa shape index (κ3) is 6.06. The lowest BCUT2D eigenvalue weighted by molar-refractivity contribution is 0.290. The molecule has 2 N–H and O–H groups in total. The van der Waals surface area contributed by atoms with Gasteiger partial charge < -0.3 is 5.32 Å². The van der Waals surface area contributed by atoms with Gasteiger partial charge in [0, 0.05) is 18.3 Å². The van der Waals surface area contributed by atoms with E-state index in [1.165, 1.54) is 0 Å². The second kappa shape index (κ2) is 6.25. The maximum atomic E-state index is 10.9. The zero-order chi connectivity index (χ0) is 13.8. The zero-order valence-electron chi connectivity index (χ0n) is 11.5. The van der Waals surface area contributed by atoms with Crippen molar-refractivity contribution in [2.24, 2.45) is 10.4 Å². The smallest absolute Gasteiger partial charge is 0.208 e. The van der Waals surface area contributed by atoms with Crippen LogP contribution in [0, 0.1) is 5.41 Å². The highest BCUT2D eigenvalue weighted by Crippen LogP contribution is 2.27. The van der Waals surface area contributed by atoms with Crippen molar-refractivity contribution in [2.45, 2.75) is 33.2 Å². The number of aliphatic imine (C=N–C) groups is 1. The Labute approximate surface area is 114 Å². The normalized spacial score (nSPS) is 24.0. The predicted octanol–water partition coefficient (Wildman–Crippen LogP) is 1.03. The van der Waals surface area contributed by atoms with Crippen LogP contribution in [-0.2, 0) is 10.0 Å². The fraction of sp³-hybridized carbons (Fsp3) is 0.909. The second-order valence-corrected chi connectivity index (χ2v) is 8.47. The van der Waals surface area contributed by atoms with E-state index in [4.69, 9.17) is 0 Å². The summed E-state index contributed by atoms with van der Waals surface area (Å²) in [7, 11) is -3.11. The van der Waals surface area contributed by atoms with Gasteiger partial charge in [-0.2, -0.15) is 0 Å². The van der Waals surface area contributed by atoms with E-state index in [2.05, 4.69) is 35.8 Å². The van der Waals surface area contributed by atoms with Crippen LogP contribution in [0.4, 0.5) is 0 Å². The number of nitrogens with zero attached hydrogens (tertiary/aromatic N) is 1. The number of hydrogen-bond donors (Lipinski definition) is 2. The molecule has 18 heavy (non-hydrogen) atoms. The lowest BCUT2D eigenvalue weighted by Gasteiger charge is -2.35. The highest BCUT2D eigenvalue weighted by atomic mass is 32.2. The van der Waals surface area contributed by atoms with Gasteiger partial charge in [-0.05, 0) is 11.8 Å². The van der Waals surface area contributed by atoms with Crippen molar-refractivity contribution in [3.63, 3.8) is 0 Å². The number of amidine groups is 1. The Balaban J connectivity index is 2.42. The molecule has 0 aromatic rings. The first-order valence-electron chi connectivity index (χ1n) is 6.07. The van der Waals surface area contributed by atoms with Crippen LogP contribution < -0.4 is 10.0 Å². The van der Waals surface area contributed by atoms with E-state index >= 15 is 0 Å². The summed E-state index contributed by atoms with van der Waals surface area (Å²) in [5, 5.41) is 4.35. The van der Waals surface area contributed by atoms with Crippen molar-refractivity contribution in [1.82, 2.24) is 10.0 Å². The Hall–Kier alpha value is -0.270. The molecule has 0 aliphatic carbocycles. The summed E-state index contributed by atoms with van der Waals surface area (Å²) in [6.07, 6.45) is 2.29. The Morgan fingerprint density at radius 2 is 2.17 bits per heavy atom. The Kier molecular flexibility index (Phi) is 5.48. The molecular formula is C11H23N3O2S2. The Bertz CT molecular complexity index is 399. The topological polar surface area (TPSA) is 70.6 Å². The summed E-state index contributed by atoms with van der Waals surface area (Å²) < 4.78 is 24.2. The number of sulfonamides is 1. The summed E-state index contributed by atoms with van der Waals surface area (Å²) in [5.74, 6) is 1.06. The molecule has 1 aliphatic heterocycles. The van der Waals surface area contributed by atoms with Gasteiger partial charge in [-0.1, -0.05) is 32.5 Å². The van der Waals surface area contributed by atoms with Gasteiger partial charge >= 0.3 is 0 Å². The lowest BCUT2D eigenvalue weighted by Crippen LogP contribution is -2.46. The van der Waals surface area contributed by atoms with E-state index in [0.717, 1.165) is 23.6 Å². The SMILES string of the molecule is CC(C)(C)C1CCSC(=NCCNS(C)(=O)=O)N1. The standard InChI is InChI=1S/C11H23N3O2S2/c1-11(2,3)9-5-8-17-10(14-9)12-6-7-13-18(4,15)16/h9,13H,5-8H2,1-4H3,(H,12,14). The Morgan fingerprint density at radius 3 is 2.72 bits per heavy atom. The molecule has 1 unspecified atom stereocenters. The molecule has 0 aromatic carbocycles. The van der Waals surface area contributed by atoms with Crippen molar-refractivity contribution in [1.29, 1.82) is 0 Å². The fourth-order valence-electron chi connectivity index (χ4n) is 1.67. The molecule has 0 bridgehead atoms. The number of rotatable bonds is 4. The molecule has 1 saturated heterocycles. The molecule has 0 aromatic heterocycles. The minimum absolute atomic E-state index is 0.215. The summed E-state index contributed by atoms with van der Waals surface area (Å²) in [5.41, 5.74) is 0.215. The van der Waals surface area contributed by atoms with E-state index < -0.39 is 10.0 Å². The van der Waals surface area contributed by atoms with Crippen LogP contribution in [0.2, 0.25) is 0 Å². The van der Waals surface area contributed by atoms with E-state index in [1.54, 1.807) is 11.8 Å². The molecule has 5 nitrogen and oxygen atoms in total. The summed E-state index contributed by atoms with van der Waals surface area (Å²) in [6, 6.07) is 0.431. The first-order valence-corrected chi connectivity index (χ1v) is 8.94. The molecule has 1 rings (SSSR count). The monoisotopic (exact) mass is 293 g/mol. The van der Waals surface area contributed by atoms with Gasteiger partial charge in [0.25, 0.3) is 0 Å². The highest BCUT2D eigenvalue weighted by molar-refractivity contribution is 8.13. The number of nitrogens with one attached hydrogen (secondary N) is 2. The molecule has 0 amide bonds. The van der Waals surface area contributed by atoms with Gasteiger partial charge in [-0.3, -0.25) is 4.99 Å². The summed E-state index contributed by atoms with van der Waals surface area (Å²) in [6.45, 7) is 7.46. The second-order valence-electron chi connectivity index (χ2n) is 5.55. The van der Waals surface area contributed by atoms with Gasteiger partial charge in [0.1, 0.15) is 0 Å². The molecule has 1 aliphatic rings. The highest BCUT2D eigenvalue weighted by Gasteiger charge is 2.28. The molecular weight excluding hydrogens is 270 g/mol. The van der Waals surface area contributed by atoms with Crippen molar-refractivity contribution < 1.29 is 8.42 Å². The molecule has 0 radical (unpaired) electrons. The van der Waals surface area contributed by atoms with Crippen LogP contribution in [0.1, 0.15) is 27.2 Å². The van der Waals surface area contributed by atoms with Gasteiger partial charge in [0.2, 0.25) is 10.0 Å². The van der Waals surface area contributed by atoms with Crippen molar-refractivity contribution >= 4 is 27.0 Å². The van der Waals surface area contributed by atoms with Gasteiger partial charge in [-0.25, -0.2) is 13.1 Å². The number of thioether (sulfide) groups is 1. The van der Waals surface area contributed by atoms with Crippen LogP contribution in [-0.4, -0.2) is 44.7 Å². The van der Waals surface area contributed by atoms with Crippen LogP contribution in [0.5, 0.6) is 0 Å². The molecule has 0 spiro atoms. The van der Waals surface area contributed by atoms with Crippen LogP contribution in [0.3, 0.4) is 0 Å². The van der Waals surface area contributed by atoms with Crippen LogP contribution in [0.15, 0.2) is 4.99 Å². The maximum absolute atomic E-state index is 10.9. The van der Waals surface area contributed by atoms with Crippen molar-refractivity contribution in [2.75, 3.05) is 25.1 Å². The van der Waals surface area contributed by atoms with Gasteiger partial charge in [0.15, 0.2) is 5.17 Å². The van der Waals surface area contributed by atoms with E-state index in [1.807, 2.05) is 0 Å². The van der Waals surface area contributed by atoms with Crippen LogP contribution >= 0.6 is 11.8 Å². The Morgan fingerprint density at radius 1 is 1.50 bits per heavy atom. The molecule has 7 heteroatoms. The average Bonchev–Trinajstić information content (AvgIpc) is 2.22. The van der Waals surface area contributed by atoms with Crippen molar-refractivity contribution in [3.05, 3.63) is 0 Å². The van der Waals surface area contributed by atoms with E-state index in [9.17, 15) is 8.42 Å². The maximum Gasteiger partial charge on any atom is 0.208 e. The molecule has 1 fully saturated rings. The molecule has 1 heterocycles. The van der Waals surface area contributed by atoms with Crippen LogP contribution in [0.25, 0.3) is 0 Å². The minimum Gasteiger partial charge on any atom is -0.362 e. The first kappa shape index (κ1) is 15.8.